The van der Waals surface area contributed by atoms with Crippen LogP contribution in [0.3, 0.4) is 0 Å². The summed E-state index contributed by atoms with van der Waals surface area (Å²) in [7, 11) is 1.50. The average molecular weight is 563 g/mol. The Labute approximate surface area is 246 Å². The Balaban J connectivity index is 0.000000469. The number of amides is 1. The van der Waals surface area contributed by atoms with Crippen LogP contribution in [0, 0.1) is 0 Å². The molecule has 41 heavy (non-hydrogen) atoms. The molecule has 1 amide bonds. The lowest BCUT2D eigenvalue weighted by molar-refractivity contribution is -0.126. The Bertz CT molecular complexity index is 1240. The number of azide groups is 1. The highest BCUT2D eigenvalue weighted by molar-refractivity contribution is 5.89. The zero-order chi connectivity index (χ0) is 30.7. The number of H-pyrrole nitrogens is 1. The van der Waals surface area contributed by atoms with Crippen LogP contribution in [0.15, 0.2) is 59.8 Å². The van der Waals surface area contributed by atoms with Gasteiger partial charge in [0.2, 0.25) is 5.91 Å². The summed E-state index contributed by atoms with van der Waals surface area (Å²) in [4.78, 5) is 30.2. The lowest BCUT2D eigenvalue weighted by atomic mass is 9.86. The van der Waals surface area contributed by atoms with Crippen molar-refractivity contribution in [2.45, 2.75) is 104 Å². The van der Waals surface area contributed by atoms with Crippen molar-refractivity contribution in [3.05, 3.63) is 76.3 Å². The maximum atomic E-state index is 12.2. The number of benzene rings is 2. The minimum atomic E-state index is -0.453. The zero-order valence-corrected chi connectivity index (χ0v) is 25.9. The van der Waals surface area contributed by atoms with E-state index in [0.29, 0.717) is 12.8 Å². The zero-order valence-electron chi connectivity index (χ0n) is 25.9. The predicted octanol–water partition coefficient (Wildman–Crippen LogP) is 8.43. The summed E-state index contributed by atoms with van der Waals surface area (Å²) in [6, 6.07) is 15.2. The van der Waals surface area contributed by atoms with Crippen LogP contribution in [-0.4, -0.2) is 29.8 Å². The van der Waals surface area contributed by atoms with E-state index in [1.54, 1.807) is 6.92 Å². The Morgan fingerprint density at radius 3 is 2.22 bits per heavy atom. The summed E-state index contributed by atoms with van der Waals surface area (Å²) >= 11 is 0. The van der Waals surface area contributed by atoms with Gasteiger partial charge < -0.3 is 16.0 Å². The maximum Gasteiger partial charge on any atom is 0.220 e. The summed E-state index contributed by atoms with van der Waals surface area (Å²) < 4.78 is 0. The van der Waals surface area contributed by atoms with Gasteiger partial charge in [-0.25, -0.2) is 0 Å². The number of nitrogens with zero attached hydrogens (tertiary/aromatic N) is 3. The fourth-order valence-corrected chi connectivity index (χ4v) is 4.57. The molecule has 0 radical (unpaired) electrons. The fourth-order valence-electron chi connectivity index (χ4n) is 4.57. The summed E-state index contributed by atoms with van der Waals surface area (Å²) in [6.07, 6.45) is 11.3. The van der Waals surface area contributed by atoms with Crippen molar-refractivity contribution in [3.63, 3.8) is 0 Å². The monoisotopic (exact) mass is 562 g/mol. The SMILES string of the molecule is CC(C)(C)c1ccccc1N=[N+]=[N-].CCCCCCCCCC(=O)NC(Cc1c[nH]c2ccccc12)C(C)=O.CN. The molecule has 0 saturated carbocycles. The van der Waals surface area contributed by atoms with Gasteiger partial charge in [-0.2, -0.15) is 0 Å². The van der Waals surface area contributed by atoms with E-state index in [0.717, 1.165) is 40.6 Å². The molecule has 8 nitrogen and oxygen atoms in total. The molecule has 0 aliphatic heterocycles. The number of rotatable bonds is 13. The van der Waals surface area contributed by atoms with E-state index < -0.39 is 6.04 Å². The second-order valence-corrected chi connectivity index (χ2v) is 11.1. The van der Waals surface area contributed by atoms with Crippen LogP contribution in [0.2, 0.25) is 0 Å². The largest absolute Gasteiger partial charge is 0.361 e. The summed E-state index contributed by atoms with van der Waals surface area (Å²) in [5.41, 5.74) is 16.8. The molecule has 0 spiro atoms. The van der Waals surface area contributed by atoms with E-state index in [-0.39, 0.29) is 17.1 Å². The molecule has 1 aromatic heterocycles. The minimum absolute atomic E-state index is 0.00296. The number of hydrogen-bond acceptors (Lipinski definition) is 4. The number of hydrogen-bond donors (Lipinski definition) is 3. The number of carbonyl (C=O) groups is 2. The number of carbonyl (C=O) groups excluding carboxylic acids is 2. The van der Waals surface area contributed by atoms with Gasteiger partial charge in [0.1, 0.15) is 0 Å². The van der Waals surface area contributed by atoms with Crippen LogP contribution < -0.4 is 11.1 Å². The number of nitrogens with two attached hydrogens (primary N) is 1. The normalized spacial score (nSPS) is 11.3. The Hall–Kier alpha value is -3.61. The number of ketones is 1. The fraction of sp³-hybridized carbons (Fsp3) is 0.515. The topological polar surface area (TPSA) is 137 Å². The molecular formula is C33H50N6O2. The molecule has 4 N–H and O–H groups in total. The summed E-state index contributed by atoms with van der Waals surface area (Å²) in [5, 5.41) is 7.69. The molecular weight excluding hydrogens is 512 g/mol. The van der Waals surface area contributed by atoms with Crippen LogP contribution in [0.5, 0.6) is 0 Å². The van der Waals surface area contributed by atoms with Gasteiger partial charge >= 0.3 is 0 Å². The van der Waals surface area contributed by atoms with Gasteiger partial charge in [-0.05, 0) is 48.5 Å². The minimum Gasteiger partial charge on any atom is -0.361 e. The highest BCUT2D eigenvalue weighted by Crippen LogP contribution is 2.31. The Kier molecular flexibility index (Phi) is 16.8. The average Bonchev–Trinajstić information content (AvgIpc) is 3.36. The van der Waals surface area contributed by atoms with Crippen molar-refractivity contribution in [3.8, 4) is 0 Å². The van der Waals surface area contributed by atoms with Crippen LogP contribution >= 0.6 is 0 Å². The van der Waals surface area contributed by atoms with E-state index >= 15 is 0 Å². The molecule has 3 aromatic rings. The third-order valence-corrected chi connectivity index (χ3v) is 6.80. The van der Waals surface area contributed by atoms with E-state index in [1.165, 1.54) is 39.2 Å². The van der Waals surface area contributed by atoms with Crippen LogP contribution in [0.4, 0.5) is 5.69 Å². The molecule has 3 rings (SSSR count). The number of fused-ring (bicyclic) bond motifs is 1. The first-order chi connectivity index (χ1) is 19.7. The van der Waals surface area contributed by atoms with Gasteiger partial charge in [0.25, 0.3) is 0 Å². The van der Waals surface area contributed by atoms with E-state index in [9.17, 15) is 9.59 Å². The third-order valence-electron chi connectivity index (χ3n) is 6.80. The van der Waals surface area contributed by atoms with Gasteiger partial charge in [0, 0.05) is 40.5 Å². The lowest BCUT2D eigenvalue weighted by Gasteiger charge is -2.20. The standard InChI is InChI=1S/C22H32N2O2.C10H13N3.CH5N/c1-3-4-5-6-7-8-9-14-22(26)24-21(17(2)25)15-18-16-23-20-13-11-10-12-19(18)20;1-10(2,3)8-6-4-5-7-9(8)12-13-11;1-2/h10-13,16,21,23H,3-9,14-15H2,1-2H3,(H,24,26);4-7H,1-3H3;2H2,1H3. The Morgan fingerprint density at radius 1 is 0.976 bits per heavy atom. The van der Waals surface area contributed by atoms with E-state index in [4.69, 9.17) is 5.53 Å². The molecule has 8 heteroatoms. The van der Waals surface area contributed by atoms with Gasteiger partial charge in [0.15, 0.2) is 5.78 Å². The lowest BCUT2D eigenvalue weighted by Crippen LogP contribution is -2.41. The van der Waals surface area contributed by atoms with Crippen molar-refractivity contribution in [1.29, 1.82) is 0 Å². The van der Waals surface area contributed by atoms with Crippen molar-refractivity contribution in [2.24, 2.45) is 10.8 Å². The second kappa shape index (κ2) is 19.5. The molecule has 1 heterocycles. The second-order valence-electron chi connectivity index (χ2n) is 11.1. The third kappa shape index (κ3) is 13.1. The smallest absolute Gasteiger partial charge is 0.220 e. The van der Waals surface area contributed by atoms with Crippen molar-refractivity contribution >= 4 is 28.3 Å². The predicted molar refractivity (Wildman–Crippen MR) is 171 cm³/mol. The van der Waals surface area contributed by atoms with Gasteiger partial charge in [-0.15, -0.1) is 0 Å². The van der Waals surface area contributed by atoms with Crippen molar-refractivity contribution < 1.29 is 9.59 Å². The molecule has 0 fully saturated rings. The van der Waals surface area contributed by atoms with Gasteiger partial charge in [-0.3, -0.25) is 9.59 Å². The van der Waals surface area contributed by atoms with Crippen LogP contribution in [0.1, 0.15) is 97.1 Å². The van der Waals surface area contributed by atoms with E-state index in [1.807, 2.05) is 54.7 Å². The molecule has 2 aromatic carbocycles. The van der Waals surface area contributed by atoms with E-state index in [2.05, 4.69) is 53.8 Å². The van der Waals surface area contributed by atoms with Gasteiger partial charge in [0.05, 0.1) is 6.04 Å². The number of para-hydroxylation sites is 1. The molecule has 0 aliphatic carbocycles. The summed E-state index contributed by atoms with van der Waals surface area (Å²) in [5.74, 6) is -0.0122. The molecule has 224 valence electrons. The van der Waals surface area contributed by atoms with Crippen LogP contribution in [0.25, 0.3) is 21.3 Å². The van der Waals surface area contributed by atoms with Crippen molar-refractivity contribution in [2.75, 3.05) is 7.05 Å². The Morgan fingerprint density at radius 2 is 1.59 bits per heavy atom. The highest BCUT2D eigenvalue weighted by Gasteiger charge is 2.19. The molecule has 1 atom stereocenters. The number of aromatic amines is 1. The molecule has 0 saturated heterocycles. The number of aromatic nitrogens is 1. The first-order valence-corrected chi connectivity index (χ1v) is 14.7. The summed E-state index contributed by atoms with van der Waals surface area (Å²) in [6.45, 7) is 10.1. The van der Waals surface area contributed by atoms with Gasteiger partial charge in [-0.1, -0.05) is 114 Å². The molecule has 0 aliphatic rings. The highest BCUT2D eigenvalue weighted by atomic mass is 16.2. The molecule has 0 bridgehead atoms. The van der Waals surface area contributed by atoms with Crippen molar-refractivity contribution in [1.82, 2.24) is 10.3 Å². The number of unbranched alkanes of at least 4 members (excludes halogenated alkanes) is 6. The number of Topliss-reactive ketones (excluding diaryl/α,β-unsaturated/α-hetero) is 1. The first-order valence-electron chi connectivity index (χ1n) is 14.7. The molecule has 1 unspecified atom stereocenters. The quantitative estimate of drug-likeness (QED) is 0.0834. The number of nitrogens with one attached hydrogen (secondary N) is 2. The maximum absolute atomic E-state index is 12.2. The first kappa shape index (κ1) is 35.4. The van der Waals surface area contributed by atoms with Crippen LogP contribution in [-0.2, 0) is 21.4 Å².